The first kappa shape index (κ1) is 18.7. The second kappa shape index (κ2) is 7.56. The fourth-order valence-electron chi connectivity index (χ4n) is 4.40. The molecule has 8 nitrogen and oxygen atoms in total. The van der Waals surface area contributed by atoms with Gasteiger partial charge in [0.2, 0.25) is 5.91 Å². The minimum Gasteiger partial charge on any atom is -0.337 e. The highest BCUT2D eigenvalue weighted by molar-refractivity contribution is 5.95. The molecule has 0 saturated heterocycles. The standard InChI is InChI=1S/C24H21N7O/c32-24(14-5-1-2-6-14)27-16-9-15(11-25-12-16)20-10-17-21(13-26-20)30-31-22(17)23-28-18-7-3-4-8-19(18)29-23/h3-4,7-14H,1-2,5-6H2,(H,27,32)(H,28,29)(H,30,31). The number of H-pyrrole nitrogens is 2. The Bertz CT molecular complexity index is 1410. The van der Waals surface area contributed by atoms with Crippen molar-refractivity contribution in [3.8, 4) is 22.8 Å². The maximum atomic E-state index is 12.5. The molecule has 0 spiro atoms. The Morgan fingerprint density at radius 3 is 2.78 bits per heavy atom. The van der Waals surface area contributed by atoms with Crippen LogP contribution in [0.15, 0.2) is 55.0 Å². The average Bonchev–Trinajstić information content (AvgIpc) is 3.58. The van der Waals surface area contributed by atoms with Crippen molar-refractivity contribution < 1.29 is 4.79 Å². The minimum absolute atomic E-state index is 0.0758. The maximum Gasteiger partial charge on any atom is 0.227 e. The monoisotopic (exact) mass is 423 g/mol. The number of rotatable bonds is 4. The molecular formula is C24H21N7O. The summed E-state index contributed by atoms with van der Waals surface area (Å²) >= 11 is 0. The number of nitrogens with one attached hydrogen (secondary N) is 3. The first-order valence-electron chi connectivity index (χ1n) is 10.8. The third-order valence-corrected chi connectivity index (χ3v) is 6.09. The molecule has 1 amide bonds. The number of para-hydroxylation sites is 2. The van der Waals surface area contributed by atoms with Crippen LogP contribution in [0.25, 0.3) is 44.7 Å². The van der Waals surface area contributed by atoms with Crippen LogP contribution in [0.4, 0.5) is 5.69 Å². The molecule has 4 aromatic heterocycles. The molecule has 1 fully saturated rings. The Morgan fingerprint density at radius 2 is 1.91 bits per heavy atom. The SMILES string of the molecule is O=C(Nc1cncc(-c2cc3c(-c4nc5ccccc5[nH]4)n[nH]c3cn2)c1)C1CCCC1. The number of benzene rings is 1. The average molecular weight is 423 g/mol. The summed E-state index contributed by atoms with van der Waals surface area (Å²) in [6, 6.07) is 11.8. The molecule has 0 radical (unpaired) electrons. The number of pyridine rings is 2. The fraction of sp³-hybridized carbons (Fsp3) is 0.208. The molecule has 1 saturated carbocycles. The number of aromatic amines is 2. The lowest BCUT2D eigenvalue weighted by molar-refractivity contribution is -0.119. The van der Waals surface area contributed by atoms with Gasteiger partial charge in [-0.05, 0) is 37.1 Å². The molecule has 5 aromatic rings. The van der Waals surface area contributed by atoms with Gasteiger partial charge in [-0.25, -0.2) is 4.98 Å². The molecule has 0 bridgehead atoms. The molecule has 32 heavy (non-hydrogen) atoms. The van der Waals surface area contributed by atoms with Crippen LogP contribution < -0.4 is 5.32 Å². The Kier molecular flexibility index (Phi) is 4.41. The lowest BCUT2D eigenvalue weighted by atomic mass is 10.1. The second-order valence-corrected chi connectivity index (χ2v) is 8.22. The summed E-state index contributed by atoms with van der Waals surface area (Å²) in [5.74, 6) is 0.877. The molecule has 6 rings (SSSR count). The van der Waals surface area contributed by atoms with Crippen molar-refractivity contribution in [2.75, 3.05) is 5.32 Å². The minimum atomic E-state index is 0.0758. The molecule has 8 heteroatoms. The lowest BCUT2D eigenvalue weighted by Crippen LogP contribution is -2.20. The Labute approximate surface area is 183 Å². The van der Waals surface area contributed by atoms with Gasteiger partial charge in [0.25, 0.3) is 0 Å². The van der Waals surface area contributed by atoms with Gasteiger partial charge in [-0.15, -0.1) is 0 Å². The summed E-state index contributed by atoms with van der Waals surface area (Å²) in [6.07, 6.45) is 9.35. The van der Waals surface area contributed by atoms with Crippen LogP contribution in [0.3, 0.4) is 0 Å². The molecule has 1 aromatic carbocycles. The number of carbonyl (C=O) groups excluding carboxylic acids is 1. The molecule has 0 aliphatic heterocycles. The predicted octanol–water partition coefficient (Wildman–Crippen LogP) is 4.69. The number of nitrogens with zero attached hydrogens (tertiary/aromatic N) is 4. The van der Waals surface area contributed by atoms with E-state index in [4.69, 9.17) is 0 Å². The molecule has 0 unspecified atom stereocenters. The van der Waals surface area contributed by atoms with Gasteiger partial charge in [0, 0.05) is 23.1 Å². The number of hydrogen-bond donors (Lipinski definition) is 3. The predicted molar refractivity (Wildman–Crippen MR) is 123 cm³/mol. The van der Waals surface area contributed by atoms with E-state index in [1.54, 1.807) is 18.6 Å². The Hall–Kier alpha value is -4.07. The van der Waals surface area contributed by atoms with Crippen LogP contribution in [-0.2, 0) is 4.79 Å². The number of fused-ring (bicyclic) bond motifs is 2. The van der Waals surface area contributed by atoms with Gasteiger partial charge < -0.3 is 10.3 Å². The van der Waals surface area contributed by atoms with Crippen molar-refractivity contribution in [1.29, 1.82) is 0 Å². The van der Waals surface area contributed by atoms with Crippen LogP contribution in [0.1, 0.15) is 25.7 Å². The van der Waals surface area contributed by atoms with Crippen molar-refractivity contribution in [3.05, 3.63) is 55.0 Å². The van der Waals surface area contributed by atoms with Gasteiger partial charge >= 0.3 is 0 Å². The third-order valence-electron chi connectivity index (χ3n) is 6.09. The molecule has 1 aliphatic rings. The van der Waals surface area contributed by atoms with E-state index in [0.717, 1.165) is 64.6 Å². The van der Waals surface area contributed by atoms with Gasteiger partial charge in [0.15, 0.2) is 5.82 Å². The van der Waals surface area contributed by atoms with Crippen LogP contribution in [0.2, 0.25) is 0 Å². The number of carbonyl (C=O) groups is 1. The van der Waals surface area contributed by atoms with Gasteiger partial charge in [-0.2, -0.15) is 5.10 Å². The van der Waals surface area contributed by atoms with Gasteiger partial charge in [0.1, 0.15) is 5.69 Å². The summed E-state index contributed by atoms with van der Waals surface area (Å²) in [6.45, 7) is 0. The van der Waals surface area contributed by atoms with Crippen LogP contribution in [0, 0.1) is 5.92 Å². The van der Waals surface area contributed by atoms with Crippen molar-refractivity contribution in [2.24, 2.45) is 5.92 Å². The third kappa shape index (κ3) is 3.30. The van der Waals surface area contributed by atoms with E-state index in [2.05, 4.69) is 35.5 Å². The van der Waals surface area contributed by atoms with Crippen LogP contribution >= 0.6 is 0 Å². The number of amides is 1. The number of imidazole rings is 1. The van der Waals surface area contributed by atoms with Gasteiger partial charge in [-0.1, -0.05) is 25.0 Å². The van der Waals surface area contributed by atoms with E-state index in [-0.39, 0.29) is 11.8 Å². The van der Waals surface area contributed by atoms with Crippen molar-refractivity contribution in [3.63, 3.8) is 0 Å². The van der Waals surface area contributed by atoms with Crippen molar-refractivity contribution >= 4 is 33.5 Å². The number of hydrogen-bond acceptors (Lipinski definition) is 5. The normalized spacial score (nSPS) is 14.4. The zero-order chi connectivity index (χ0) is 21.5. The van der Waals surface area contributed by atoms with E-state index < -0.39 is 0 Å². The first-order chi connectivity index (χ1) is 15.7. The molecule has 3 N–H and O–H groups in total. The number of anilines is 1. The lowest BCUT2D eigenvalue weighted by Gasteiger charge is -2.11. The van der Waals surface area contributed by atoms with Gasteiger partial charge in [0.05, 0.1) is 40.3 Å². The highest BCUT2D eigenvalue weighted by atomic mass is 16.1. The van der Waals surface area contributed by atoms with E-state index in [1.165, 1.54) is 0 Å². The fourth-order valence-corrected chi connectivity index (χ4v) is 4.40. The molecule has 158 valence electrons. The quantitative estimate of drug-likeness (QED) is 0.388. The molecule has 0 atom stereocenters. The summed E-state index contributed by atoms with van der Waals surface area (Å²) in [7, 11) is 0. The summed E-state index contributed by atoms with van der Waals surface area (Å²) < 4.78 is 0. The molecule has 1 aliphatic carbocycles. The van der Waals surface area contributed by atoms with Crippen LogP contribution in [0.5, 0.6) is 0 Å². The first-order valence-corrected chi connectivity index (χ1v) is 10.8. The molecular weight excluding hydrogens is 402 g/mol. The van der Waals surface area contributed by atoms with E-state index in [9.17, 15) is 4.79 Å². The highest BCUT2D eigenvalue weighted by Gasteiger charge is 2.23. The molecule has 4 heterocycles. The number of aromatic nitrogens is 6. The smallest absolute Gasteiger partial charge is 0.227 e. The maximum absolute atomic E-state index is 12.5. The van der Waals surface area contributed by atoms with Crippen molar-refractivity contribution in [2.45, 2.75) is 25.7 Å². The van der Waals surface area contributed by atoms with Crippen LogP contribution in [-0.4, -0.2) is 36.0 Å². The summed E-state index contributed by atoms with van der Waals surface area (Å²) in [5, 5.41) is 11.4. The zero-order valence-electron chi connectivity index (χ0n) is 17.3. The van der Waals surface area contributed by atoms with E-state index in [0.29, 0.717) is 11.5 Å². The Balaban J connectivity index is 1.35. The van der Waals surface area contributed by atoms with E-state index in [1.807, 2.05) is 36.4 Å². The zero-order valence-corrected chi connectivity index (χ0v) is 17.3. The van der Waals surface area contributed by atoms with Gasteiger partial charge in [-0.3, -0.25) is 19.9 Å². The van der Waals surface area contributed by atoms with E-state index >= 15 is 0 Å². The van der Waals surface area contributed by atoms with Crippen molar-refractivity contribution in [1.82, 2.24) is 30.1 Å². The topological polar surface area (TPSA) is 112 Å². The largest absolute Gasteiger partial charge is 0.337 e. The Morgan fingerprint density at radius 1 is 1.03 bits per heavy atom. The summed E-state index contributed by atoms with van der Waals surface area (Å²) in [5.41, 5.74) is 5.67. The summed E-state index contributed by atoms with van der Waals surface area (Å²) in [4.78, 5) is 29.4. The highest BCUT2D eigenvalue weighted by Crippen LogP contribution is 2.30. The second-order valence-electron chi connectivity index (χ2n) is 8.22.